The average molecular weight is 856 g/mol. The molecule has 15 heteroatoms. The van der Waals surface area contributed by atoms with E-state index in [1.807, 2.05) is 75.4 Å². The van der Waals surface area contributed by atoms with Gasteiger partial charge in [0, 0.05) is 34.4 Å². The van der Waals surface area contributed by atoms with Crippen molar-refractivity contribution >= 4 is 35.8 Å². The summed E-state index contributed by atoms with van der Waals surface area (Å²) < 4.78 is 16.8. The summed E-state index contributed by atoms with van der Waals surface area (Å²) in [4.78, 5) is 36.3. The Balaban J connectivity index is 0.000000142. The van der Waals surface area contributed by atoms with Gasteiger partial charge in [-0.1, -0.05) is 126 Å². The Morgan fingerprint density at radius 2 is 0.683 bits per heavy atom. The Morgan fingerprint density at radius 3 is 0.968 bits per heavy atom. The predicted octanol–water partition coefficient (Wildman–Crippen LogP) is 11.0. The van der Waals surface area contributed by atoms with Crippen LogP contribution >= 0.6 is 0 Å². The first kappa shape index (κ1) is 44.5. The highest BCUT2D eigenvalue weighted by Crippen LogP contribution is 2.35. The van der Waals surface area contributed by atoms with Gasteiger partial charge in [-0.25, -0.2) is 0 Å². The van der Waals surface area contributed by atoms with E-state index in [1.165, 1.54) is 57.8 Å². The summed E-state index contributed by atoms with van der Waals surface area (Å²) in [5.74, 6) is 2.30. The van der Waals surface area contributed by atoms with E-state index in [0.29, 0.717) is 52.1 Å². The van der Waals surface area contributed by atoms with Gasteiger partial charge in [0.2, 0.25) is 17.7 Å². The molecule has 0 spiro atoms. The van der Waals surface area contributed by atoms with Gasteiger partial charge in [0.05, 0.1) is 0 Å². The molecule has 3 amide bonds. The topological polar surface area (TPSA) is 204 Å². The number of carbonyl (C=O) groups excluding carboxylic acids is 3. The number of aromatic nitrogens is 6. The number of aryl methyl sites for hydroxylation is 3. The molecule has 0 aliphatic heterocycles. The van der Waals surface area contributed by atoms with Crippen molar-refractivity contribution in [3.05, 3.63) is 124 Å². The lowest BCUT2D eigenvalue weighted by atomic mass is 9.89. The van der Waals surface area contributed by atoms with Crippen LogP contribution in [0.5, 0.6) is 0 Å². The van der Waals surface area contributed by atoms with Crippen LogP contribution in [0.25, 0.3) is 0 Å². The van der Waals surface area contributed by atoms with Crippen molar-refractivity contribution in [3.8, 4) is 0 Å². The molecule has 0 bridgehead atoms. The zero-order valence-corrected chi connectivity index (χ0v) is 36.4. The van der Waals surface area contributed by atoms with Gasteiger partial charge in [-0.3, -0.25) is 30.3 Å². The Labute approximate surface area is 367 Å². The van der Waals surface area contributed by atoms with E-state index in [1.54, 1.807) is 18.2 Å². The minimum absolute atomic E-state index is 0.179. The molecule has 15 nitrogen and oxygen atoms in total. The summed E-state index contributed by atoms with van der Waals surface area (Å²) in [6.45, 7) is 5.85. The minimum atomic E-state index is -0.227. The van der Waals surface area contributed by atoms with Gasteiger partial charge >= 0.3 is 18.0 Å². The summed E-state index contributed by atoms with van der Waals surface area (Å²) in [5.41, 5.74) is 4.88. The number of hydrogen-bond donors (Lipinski definition) is 3. The van der Waals surface area contributed by atoms with Gasteiger partial charge in [-0.2, -0.15) is 0 Å². The molecule has 3 aliphatic carbocycles. The van der Waals surface area contributed by atoms with Crippen molar-refractivity contribution in [2.45, 2.75) is 135 Å². The van der Waals surface area contributed by atoms with Crippen LogP contribution in [0.2, 0.25) is 0 Å². The smallest absolute Gasteiger partial charge is 0.322 e. The highest BCUT2D eigenvalue weighted by atomic mass is 16.4. The lowest BCUT2D eigenvalue weighted by Crippen LogP contribution is -2.12. The van der Waals surface area contributed by atoms with E-state index in [4.69, 9.17) is 13.3 Å². The number of nitrogens with zero attached hydrogens (tertiary/aromatic N) is 6. The third-order valence-corrected chi connectivity index (χ3v) is 11.7. The molecule has 0 saturated heterocycles. The van der Waals surface area contributed by atoms with Crippen LogP contribution in [-0.4, -0.2) is 48.3 Å². The van der Waals surface area contributed by atoms with Crippen molar-refractivity contribution < 1.29 is 27.6 Å². The van der Waals surface area contributed by atoms with Crippen LogP contribution in [-0.2, 0) is 0 Å². The standard InChI is InChI=1S/C17H21N3O2.C16H19N3O2.C15H17N3O2/c1-12-7-6-10-14(11-12)15(21)18-17-20-19-16(22-17)13-8-4-2-3-5-9-13;1-11-6-5-9-13(10-11)14(20)17-16-19-18-15(21-16)12-7-3-2-4-8-12;1-10-5-4-8-12(9-10)13(19)16-15-18-17-14(20-15)11-6-2-3-7-11/h6-7,10-11,13H,2-5,8-9H2,1H3,(H,18,20,21);5-6,9-10,12H,2-4,7-8H2,1H3,(H,17,19,20);4-5,8-9,11H,2-3,6-7H2,1H3,(H,16,18,19). The van der Waals surface area contributed by atoms with Crippen LogP contribution in [0.1, 0.15) is 180 Å². The van der Waals surface area contributed by atoms with E-state index >= 15 is 0 Å². The second-order valence-electron chi connectivity index (χ2n) is 16.8. The van der Waals surface area contributed by atoms with Gasteiger partial charge in [0.15, 0.2) is 0 Å². The third kappa shape index (κ3) is 13.0. The van der Waals surface area contributed by atoms with Gasteiger partial charge in [0.25, 0.3) is 17.7 Å². The van der Waals surface area contributed by atoms with Crippen LogP contribution in [0.3, 0.4) is 0 Å². The van der Waals surface area contributed by atoms with Crippen LogP contribution < -0.4 is 16.0 Å². The molecular formula is C48H57N9O6. The molecular weight excluding hydrogens is 799 g/mol. The van der Waals surface area contributed by atoms with E-state index in [9.17, 15) is 14.4 Å². The maximum absolute atomic E-state index is 12.2. The molecule has 0 unspecified atom stereocenters. The lowest BCUT2D eigenvalue weighted by molar-refractivity contribution is 0.101. The van der Waals surface area contributed by atoms with Crippen molar-refractivity contribution in [1.29, 1.82) is 0 Å². The normalized spacial score (nSPS) is 15.9. The largest absolute Gasteiger partial charge is 0.408 e. The molecule has 3 fully saturated rings. The molecule has 6 aromatic rings. The summed E-state index contributed by atoms with van der Waals surface area (Å²) in [5, 5.41) is 32.0. The molecule has 63 heavy (non-hydrogen) atoms. The zero-order chi connectivity index (χ0) is 44.0. The minimum Gasteiger partial charge on any atom is -0.408 e. The van der Waals surface area contributed by atoms with Crippen molar-refractivity contribution in [1.82, 2.24) is 30.6 Å². The fourth-order valence-electron chi connectivity index (χ4n) is 8.27. The fourth-order valence-corrected chi connectivity index (χ4v) is 8.27. The van der Waals surface area contributed by atoms with Gasteiger partial charge in [-0.05, 0) is 95.7 Å². The van der Waals surface area contributed by atoms with Gasteiger partial charge in [-0.15, -0.1) is 15.3 Å². The quantitative estimate of drug-likeness (QED) is 0.116. The maximum atomic E-state index is 12.2. The highest BCUT2D eigenvalue weighted by Gasteiger charge is 2.25. The molecule has 0 radical (unpaired) electrons. The molecule has 3 aliphatic rings. The molecule has 3 heterocycles. The van der Waals surface area contributed by atoms with Crippen LogP contribution in [0.15, 0.2) is 86.0 Å². The number of benzene rings is 3. The molecule has 3 aromatic heterocycles. The molecule has 330 valence electrons. The summed E-state index contributed by atoms with van der Waals surface area (Å²) in [6.07, 6.45) is 17.6. The van der Waals surface area contributed by atoms with Crippen molar-refractivity contribution in [2.24, 2.45) is 0 Å². The highest BCUT2D eigenvalue weighted by molar-refractivity contribution is 6.04. The molecule has 9 rings (SSSR count). The predicted molar refractivity (Wildman–Crippen MR) is 238 cm³/mol. The summed E-state index contributed by atoms with van der Waals surface area (Å²) in [7, 11) is 0. The number of rotatable bonds is 9. The van der Waals surface area contributed by atoms with E-state index < -0.39 is 0 Å². The summed E-state index contributed by atoms with van der Waals surface area (Å²) in [6, 6.07) is 22.7. The van der Waals surface area contributed by atoms with E-state index in [-0.39, 0.29) is 35.8 Å². The van der Waals surface area contributed by atoms with Crippen LogP contribution in [0.4, 0.5) is 18.0 Å². The van der Waals surface area contributed by atoms with Gasteiger partial charge < -0.3 is 13.3 Å². The number of anilines is 3. The number of nitrogens with one attached hydrogen (secondary N) is 3. The molecule has 3 saturated carbocycles. The third-order valence-electron chi connectivity index (χ3n) is 11.7. The van der Waals surface area contributed by atoms with E-state index in [0.717, 1.165) is 55.2 Å². The number of carbonyl (C=O) groups is 3. The fraction of sp³-hybridized carbons (Fsp3) is 0.438. The molecule has 3 N–H and O–H groups in total. The first-order valence-electron chi connectivity index (χ1n) is 22.3. The zero-order valence-electron chi connectivity index (χ0n) is 36.4. The number of hydrogen-bond acceptors (Lipinski definition) is 12. The second kappa shape index (κ2) is 22.0. The first-order chi connectivity index (χ1) is 30.7. The summed E-state index contributed by atoms with van der Waals surface area (Å²) >= 11 is 0. The molecule has 0 atom stereocenters. The Morgan fingerprint density at radius 1 is 0.413 bits per heavy atom. The Bertz CT molecular complexity index is 2420. The lowest BCUT2D eigenvalue weighted by Gasteiger charge is -2.17. The van der Waals surface area contributed by atoms with Crippen LogP contribution in [0, 0.1) is 20.8 Å². The van der Waals surface area contributed by atoms with E-state index in [2.05, 4.69) is 46.5 Å². The SMILES string of the molecule is Cc1cccc(C(=O)Nc2nnc(C3CCCC3)o2)c1.Cc1cccc(C(=O)Nc2nnc(C3CCCCC3)o2)c1.Cc1cccc(C(=O)Nc2nnc(C3CCCCCC3)o2)c1. The average Bonchev–Trinajstić information content (AvgIpc) is 4.13. The first-order valence-corrected chi connectivity index (χ1v) is 22.3. The monoisotopic (exact) mass is 855 g/mol. The second-order valence-corrected chi connectivity index (χ2v) is 16.8. The van der Waals surface area contributed by atoms with Crippen molar-refractivity contribution in [3.63, 3.8) is 0 Å². The Hall–Kier alpha value is -6.51. The Kier molecular flexibility index (Phi) is 15.6. The van der Waals surface area contributed by atoms with Gasteiger partial charge in [0.1, 0.15) is 0 Å². The van der Waals surface area contributed by atoms with Crippen molar-refractivity contribution in [2.75, 3.05) is 16.0 Å². The molecule has 3 aromatic carbocycles. The number of amides is 3. The maximum Gasteiger partial charge on any atom is 0.322 e.